The molecule has 1 rings (SSSR count). The summed E-state index contributed by atoms with van der Waals surface area (Å²) in [6, 6.07) is 0. The van der Waals surface area contributed by atoms with Gasteiger partial charge in [-0.25, -0.2) is 13.2 Å². The van der Waals surface area contributed by atoms with Crippen molar-refractivity contribution in [2.24, 2.45) is 0 Å². The fourth-order valence-corrected chi connectivity index (χ4v) is 4.72. The number of anilines is 2. The first-order valence-electron chi connectivity index (χ1n) is 6.71. The van der Waals surface area contributed by atoms with Gasteiger partial charge in [0, 0.05) is 13.8 Å². The Bertz CT molecular complexity index is 828. The summed E-state index contributed by atoms with van der Waals surface area (Å²) in [6.07, 6.45) is 0. The lowest BCUT2D eigenvalue weighted by Crippen LogP contribution is -2.18. The summed E-state index contributed by atoms with van der Waals surface area (Å²) in [5.41, 5.74) is 0.171. The molecule has 0 atom stereocenters. The molecule has 2 N–H and O–H groups in total. The van der Waals surface area contributed by atoms with E-state index in [9.17, 15) is 27.4 Å². The van der Waals surface area contributed by atoms with Crippen LogP contribution in [0.4, 0.5) is 11.4 Å². The van der Waals surface area contributed by atoms with Crippen LogP contribution >= 0.6 is 47.8 Å². The molecule has 0 aliphatic carbocycles. The van der Waals surface area contributed by atoms with Crippen molar-refractivity contribution in [2.75, 3.05) is 23.0 Å². The highest BCUT2D eigenvalue weighted by Crippen LogP contribution is 2.45. The minimum atomic E-state index is -4.55. The zero-order valence-electron chi connectivity index (χ0n) is 13.3. The highest BCUT2D eigenvalue weighted by Gasteiger charge is 2.26. The predicted molar refractivity (Wildman–Crippen MR) is 103 cm³/mol. The average Bonchev–Trinajstić information content (AvgIpc) is 2.46. The van der Waals surface area contributed by atoms with Gasteiger partial charge in [0.1, 0.15) is 6.61 Å². The molecule has 0 unspecified atom stereocenters. The molecule has 0 saturated heterocycles. The minimum Gasteiger partial charge on any atom is -0.748 e. The summed E-state index contributed by atoms with van der Waals surface area (Å²) < 4.78 is 37.2. The molecule has 144 valence electrons. The van der Waals surface area contributed by atoms with Crippen molar-refractivity contribution in [2.45, 2.75) is 13.8 Å². The van der Waals surface area contributed by atoms with Crippen LogP contribution < -0.4 is 10.6 Å². The van der Waals surface area contributed by atoms with Crippen molar-refractivity contribution < 1.29 is 32.1 Å². The molecule has 0 radical (unpaired) electrons. The normalized spacial score (nSPS) is 11.0. The summed E-state index contributed by atoms with van der Waals surface area (Å²) in [5, 5.41) is 5.00. The largest absolute Gasteiger partial charge is 0.748 e. The van der Waals surface area contributed by atoms with Crippen molar-refractivity contribution in [3.8, 4) is 0 Å². The topological polar surface area (TPSA) is 142 Å². The lowest BCUT2D eigenvalue weighted by molar-refractivity contribution is -0.115. The van der Waals surface area contributed by atoms with Crippen LogP contribution in [0.5, 0.6) is 0 Å². The minimum absolute atomic E-state index is 0.121. The van der Waals surface area contributed by atoms with E-state index >= 15 is 0 Å². The first kappa shape index (κ1) is 23.0. The maximum absolute atomic E-state index is 12.3. The first-order chi connectivity index (χ1) is 11.8. The van der Waals surface area contributed by atoms with Gasteiger partial charge in [0.2, 0.25) is 11.8 Å². The summed E-state index contributed by atoms with van der Waals surface area (Å²) in [5.74, 6) is -2.75. The van der Waals surface area contributed by atoms with E-state index in [-0.39, 0.29) is 30.4 Å². The lowest BCUT2D eigenvalue weighted by atomic mass is 10.1. The third-order valence-corrected chi connectivity index (χ3v) is 5.74. The van der Waals surface area contributed by atoms with Crippen LogP contribution in [0.25, 0.3) is 0 Å². The molecular formula is C13H12Br3N2O7S-. The van der Waals surface area contributed by atoms with Crippen LogP contribution in [-0.4, -0.2) is 43.1 Å². The number of carbonyl (C=O) groups excluding carboxylic acids is 3. The van der Waals surface area contributed by atoms with Gasteiger partial charge in [-0.3, -0.25) is 9.59 Å². The fourth-order valence-electron chi connectivity index (χ4n) is 1.72. The van der Waals surface area contributed by atoms with Crippen LogP contribution in [0.2, 0.25) is 0 Å². The maximum Gasteiger partial charge on any atom is 0.340 e. The number of ether oxygens (including phenoxy) is 1. The van der Waals surface area contributed by atoms with Crippen molar-refractivity contribution in [1.29, 1.82) is 0 Å². The molecule has 0 spiro atoms. The number of benzene rings is 1. The summed E-state index contributed by atoms with van der Waals surface area (Å²) in [4.78, 5) is 35.2. The summed E-state index contributed by atoms with van der Waals surface area (Å²) in [6.45, 7) is 1.84. The van der Waals surface area contributed by atoms with Crippen LogP contribution in [0, 0.1) is 0 Å². The van der Waals surface area contributed by atoms with E-state index in [4.69, 9.17) is 4.74 Å². The van der Waals surface area contributed by atoms with E-state index in [0.717, 1.165) is 0 Å². The number of nitrogens with one attached hydrogen (secondary N) is 2. The Labute approximate surface area is 174 Å². The Kier molecular flexibility index (Phi) is 8.20. The molecule has 0 fully saturated rings. The van der Waals surface area contributed by atoms with Crippen LogP contribution in [-0.2, 0) is 24.4 Å². The zero-order valence-corrected chi connectivity index (χ0v) is 18.9. The van der Waals surface area contributed by atoms with Crippen molar-refractivity contribution in [3.05, 3.63) is 19.0 Å². The van der Waals surface area contributed by atoms with Gasteiger partial charge in [0.25, 0.3) is 0 Å². The Morgan fingerprint density at radius 1 is 0.962 bits per heavy atom. The molecule has 0 aromatic heterocycles. The quantitative estimate of drug-likeness (QED) is 0.390. The van der Waals surface area contributed by atoms with Gasteiger partial charge in [-0.1, -0.05) is 0 Å². The third kappa shape index (κ3) is 6.30. The smallest absolute Gasteiger partial charge is 0.340 e. The lowest BCUT2D eigenvalue weighted by Gasteiger charge is -2.19. The van der Waals surface area contributed by atoms with Gasteiger partial charge in [-0.2, -0.15) is 0 Å². The van der Waals surface area contributed by atoms with E-state index in [1.165, 1.54) is 13.8 Å². The molecule has 0 heterocycles. The standard InChI is InChI=1S/C13H13Br3N2O7S/c1-5(19)17-11-8(14)7(13(21)25-3-4-26(22,23)24)9(15)12(10(11)16)18-6(2)20/h3-4H2,1-2H3,(H,17,19)(H,18,20)(H,22,23,24)/p-1. The number of hydrogen-bond donors (Lipinski definition) is 2. The van der Waals surface area contributed by atoms with Crippen LogP contribution in [0.15, 0.2) is 13.4 Å². The molecule has 26 heavy (non-hydrogen) atoms. The second-order valence-corrected chi connectivity index (χ2v) is 8.73. The molecule has 0 aliphatic rings. The maximum atomic E-state index is 12.3. The summed E-state index contributed by atoms with van der Waals surface area (Å²) >= 11 is 9.59. The highest BCUT2D eigenvalue weighted by molar-refractivity contribution is 9.12. The monoisotopic (exact) mass is 577 g/mol. The van der Waals surface area contributed by atoms with E-state index in [1.54, 1.807) is 0 Å². The van der Waals surface area contributed by atoms with E-state index < -0.39 is 40.3 Å². The Balaban J connectivity index is 3.42. The number of carbonyl (C=O) groups is 3. The fraction of sp³-hybridized carbons (Fsp3) is 0.308. The Hall–Kier alpha value is -1.02. The van der Waals surface area contributed by atoms with Crippen molar-refractivity contribution in [1.82, 2.24) is 0 Å². The van der Waals surface area contributed by atoms with Crippen LogP contribution in [0.3, 0.4) is 0 Å². The second kappa shape index (κ2) is 9.26. The van der Waals surface area contributed by atoms with Gasteiger partial charge >= 0.3 is 5.97 Å². The van der Waals surface area contributed by atoms with Gasteiger partial charge in [-0.15, -0.1) is 0 Å². The second-order valence-electron chi connectivity index (χ2n) is 4.83. The van der Waals surface area contributed by atoms with Gasteiger partial charge in [-0.05, 0) is 47.8 Å². The number of hydrogen-bond acceptors (Lipinski definition) is 7. The van der Waals surface area contributed by atoms with Gasteiger partial charge < -0.3 is 19.9 Å². The van der Waals surface area contributed by atoms with Gasteiger partial charge in [0.15, 0.2) is 0 Å². The average molecular weight is 580 g/mol. The summed E-state index contributed by atoms with van der Waals surface area (Å²) in [7, 11) is -4.55. The molecule has 9 nitrogen and oxygen atoms in total. The third-order valence-electron chi connectivity index (χ3n) is 2.69. The molecule has 1 aromatic carbocycles. The van der Waals surface area contributed by atoms with Crippen molar-refractivity contribution in [3.63, 3.8) is 0 Å². The molecule has 13 heteroatoms. The predicted octanol–water partition coefficient (Wildman–Crippen LogP) is 2.59. The SMILES string of the molecule is CC(=O)Nc1c(Br)c(NC(C)=O)c(Br)c(C(=O)OCCS(=O)(=O)[O-])c1Br. The number of amides is 2. The van der Waals surface area contributed by atoms with Gasteiger partial charge in [0.05, 0.1) is 46.2 Å². The molecule has 0 bridgehead atoms. The van der Waals surface area contributed by atoms with Crippen molar-refractivity contribution >= 4 is 87.1 Å². The molecule has 2 amide bonds. The van der Waals surface area contributed by atoms with E-state index in [1.807, 2.05) is 0 Å². The molecule has 0 aliphatic heterocycles. The first-order valence-corrected chi connectivity index (χ1v) is 10.7. The zero-order chi connectivity index (χ0) is 20.2. The number of rotatable bonds is 6. The van der Waals surface area contributed by atoms with E-state index in [0.29, 0.717) is 0 Å². The highest BCUT2D eigenvalue weighted by atomic mass is 79.9. The Morgan fingerprint density at radius 3 is 1.73 bits per heavy atom. The molecular weight excluding hydrogens is 568 g/mol. The Morgan fingerprint density at radius 2 is 1.38 bits per heavy atom. The van der Waals surface area contributed by atoms with E-state index in [2.05, 4.69) is 58.4 Å². The molecule has 0 saturated carbocycles. The molecule has 1 aromatic rings. The number of esters is 1. The van der Waals surface area contributed by atoms with Crippen LogP contribution in [0.1, 0.15) is 24.2 Å². The number of halogens is 3.